The highest BCUT2D eigenvalue weighted by Gasteiger charge is 2.20. The molecule has 1 amide bonds. The monoisotopic (exact) mass is 256 g/mol. The lowest BCUT2D eigenvalue weighted by molar-refractivity contribution is -0.115. The molecule has 0 heterocycles. The molecule has 0 atom stereocenters. The van der Waals surface area contributed by atoms with E-state index in [0.717, 1.165) is 6.54 Å². The molecule has 0 bridgehead atoms. The Bertz CT molecular complexity index is 401. The van der Waals surface area contributed by atoms with Gasteiger partial charge in [0.05, 0.1) is 17.3 Å². The van der Waals surface area contributed by atoms with Gasteiger partial charge in [0.1, 0.15) is 5.82 Å². The first kappa shape index (κ1) is 12.3. The lowest BCUT2D eigenvalue weighted by Gasteiger charge is -2.08. The van der Waals surface area contributed by atoms with E-state index in [4.69, 9.17) is 11.6 Å². The minimum Gasteiger partial charge on any atom is -0.321 e. The molecule has 2 rings (SSSR count). The summed E-state index contributed by atoms with van der Waals surface area (Å²) in [5.74, 6) is -0.0921. The van der Waals surface area contributed by atoms with Crippen molar-refractivity contribution in [3.8, 4) is 0 Å². The van der Waals surface area contributed by atoms with Crippen LogP contribution in [0.1, 0.15) is 12.8 Å². The summed E-state index contributed by atoms with van der Waals surface area (Å²) in [6.45, 7) is 1.03. The number of hydrogen-bond acceptors (Lipinski definition) is 2. The first-order valence-electron chi connectivity index (χ1n) is 5.61. The summed E-state index contributed by atoms with van der Waals surface area (Å²) in [5.41, 5.74) is 0.0485. The summed E-state index contributed by atoms with van der Waals surface area (Å²) < 4.78 is 13.4. The molecule has 1 aliphatic carbocycles. The van der Waals surface area contributed by atoms with Gasteiger partial charge in [0, 0.05) is 0 Å². The van der Waals surface area contributed by atoms with E-state index >= 15 is 0 Å². The van der Waals surface area contributed by atoms with Crippen LogP contribution in [0.3, 0.4) is 0 Å². The second-order valence-electron chi connectivity index (χ2n) is 4.22. The van der Waals surface area contributed by atoms with Gasteiger partial charge >= 0.3 is 0 Å². The zero-order valence-corrected chi connectivity index (χ0v) is 10.1. The predicted octanol–water partition coefficient (Wildman–Crippen LogP) is 2.42. The fourth-order valence-electron chi connectivity index (χ4n) is 1.51. The number of para-hydroxylation sites is 1. The van der Waals surface area contributed by atoms with Gasteiger partial charge in [-0.25, -0.2) is 4.39 Å². The minimum absolute atomic E-state index is 0.0485. The third-order valence-corrected chi connectivity index (χ3v) is 2.96. The summed E-state index contributed by atoms with van der Waals surface area (Å²) >= 11 is 5.79. The average Bonchev–Trinajstić information content (AvgIpc) is 3.08. The summed E-state index contributed by atoms with van der Waals surface area (Å²) in [4.78, 5) is 11.5. The van der Waals surface area contributed by atoms with Crippen LogP contribution in [-0.4, -0.2) is 19.0 Å². The number of hydrogen-bond donors (Lipinski definition) is 2. The van der Waals surface area contributed by atoms with Crippen molar-refractivity contribution in [3.63, 3.8) is 0 Å². The van der Waals surface area contributed by atoms with Crippen LogP contribution in [0.5, 0.6) is 0 Å². The van der Waals surface area contributed by atoms with Crippen LogP contribution in [0.4, 0.5) is 10.1 Å². The minimum atomic E-state index is -0.520. The second-order valence-corrected chi connectivity index (χ2v) is 4.63. The maximum absolute atomic E-state index is 13.4. The Kier molecular flexibility index (Phi) is 3.97. The molecule has 1 saturated carbocycles. The Morgan fingerprint density at radius 2 is 2.24 bits per heavy atom. The molecule has 0 aromatic heterocycles. The van der Waals surface area contributed by atoms with Crippen molar-refractivity contribution in [3.05, 3.63) is 29.0 Å². The molecule has 1 aromatic rings. The van der Waals surface area contributed by atoms with Crippen molar-refractivity contribution in [2.45, 2.75) is 12.8 Å². The van der Waals surface area contributed by atoms with Crippen molar-refractivity contribution in [2.75, 3.05) is 18.4 Å². The number of carbonyl (C=O) groups excluding carboxylic acids is 1. The largest absolute Gasteiger partial charge is 0.321 e. The van der Waals surface area contributed by atoms with Crippen LogP contribution < -0.4 is 10.6 Å². The van der Waals surface area contributed by atoms with Crippen LogP contribution in [0.15, 0.2) is 18.2 Å². The number of carbonyl (C=O) groups is 1. The molecule has 17 heavy (non-hydrogen) atoms. The van der Waals surface area contributed by atoms with Crippen molar-refractivity contribution in [2.24, 2.45) is 5.92 Å². The zero-order chi connectivity index (χ0) is 12.3. The average molecular weight is 257 g/mol. The van der Waals surface area contributed by atoms with E-state index in [1.54, 1.807) is 0 Å². The van der Waals surface area contributed by atoms with E-state index in [1.807, 2.05) is 0 Å². The molecule has 0 spiro atoms. The van der Waals surface area contributed by atoms with E-state index in [0.29, 0.717) is 5.92 Å². The van der Waals surface area contributed by atoms with E-state index < -0.39 is 5.82 Å². The lowest BCUT2D eigenvalue weighted by atomic mass is 10.3. The molecule has 0 radical (unpaired) electrons. The molecule has 2 N–H and O–H groups in total. The highest BCUT2D eigenvalue weighted by molar-refractivity contribution is 6.33. The van der Waals surface area contributed by atoms with E-state index in [9.17, 15) is 9.18 Å². The fourth-order valence-corrected chi connectivity index (χ4v) is 1.72. The van der Waals surface area contributed by atoms with Crippen molar-refractivity contribution in [1.82, 2.24) is 5.32 Å². The van der Waals surface area contributed by atoms with Crippen LogP contribution in [0.2, 0.25) is 5.02 Å². The molecule has 0 unspecified atom stereocenters. The smallest absolute Gasteiger partial charge is 0.238 e. The first-order chi connectivity index (χ1) is 8.16. The standard InChI is InChI=1S/C12H14ClFN2O/c13-9-2-1-3-10(14)12(9)16-11(17)7-15-6-8-4-5-8/h1-3,8,15H,4-7H2,(H,16,17). The van der Waals surface area contributed by atoms with Crippen molar-refractivity contribution >= 4 is 23.2 Å². The maximum atomic E-state index is 13.4. The molecule has 3 nitrogen and oxygen atoms in total. The Balaban J connectivity index is 1.84. The number of rotatable bonds is 5. The highest BCUT2D eigenvalue weighted by atomic mass is 35.5. The predicted molar refractivity (Wildman–Crippen MR) is 65.6 cm³/mol. The molecular weight excluding hydrogens is 243 g/mol. The van der Waals surface area contributed by atoms with Gasteiger partial charge in [0.15, 0.2) is 0 Å². The molecule has 1 fully saturated rings. The van der Waals surface area contributed by atoms with Crippen molar-refractivity contribution < 1.29 is 9.18 Å². The third kappa shape index (κ3) is 3.68. The molecule has 0 aliphatic heterocycles. The van der Waals surface area contributed by atoms with Gasteiger partial charge < -0.3 is 10.6 Å². The van der Waals surface area contributed by atoms with Gasteiger partial charge in [0.25, 0.3) is 0 Å². The van der Waals surface area contributed by atoms with Gasteiger partial charge in [-0.1, -0.05) is 17.7 Å². The summed E-state index contributed by atoms with van der Waals surface area (Å²) in [6, 6.07) is 4.30. The number of halogens is 2. The SMILES string of the molecule is O=C(CNCC1CC1)Nc1c(F)cccc1Cl. The Labute approximate surface area is 104 Å². The number of benzene rings is 1. The number of nitrogens with one attached hydrogen (secondary N) is 2. The summed E-state index contributed by atoms with van der Waals surface area (Å²) in [7, 11) is 0. The Hall–Kier alpha value is -1.13. The second kappa shape index (κ2) is 5.47. The van der Waals surface area contributed by atoms with Crippen molar-refractivity contribution in [1.29, 1.82) is 0 Å². The molecule has 1 aromatic carbocycles. The van der Waals surface area contributed by atoms with Crippen LogP contribution >= 0.6 is 11.6 Å². The van der Waals surface area contributed by atoms with E-state index in [-0.39, 0.29) is 23.2 Å². The van der Waals surface area contributed by atoms with Crippen LogP contribution in [0.25, 0.3) is 0 Å². The lowest BCUT2D eigenvalue weighted by Crippen LogP contribution is -2.29. The molecule has 5 heteroatoms. The zero-order valence-electron chi connectivity index (χ0n) is 9.30. The van der Waals surface area contributed by atoms with E-state index in [2.05, 4.69) is 10.6 Å². The number of amides is 1. The quantitative estimate of drug-likeness (QED) is 0.850. The van der Waals surface area contributed by atoms with Gasteiger partial charge in [-0.2, -0.15) is 0 Å². The summed E-state index contributed by atoms with van der Waals surface area (Å²) in [5, 5.41) is 5.70. The Morgan fingerprint density at radius 1 is 1.47 bits per heavy atom. The van der Waals surface area contributed by atoms with Gasteiger partial charge in [-0.15, -0.1) is 0 Å². The van der Waals surface area contributed by atoms with Gasteiger partial charge in [0.2, 0.25) is 5.91 Å². The van der Waals surface area contributed by atoms with Crippen LogP contribution in [0, 0.1) is 11.7 Å². The maximum Gasteiger partial charge on any atom is 0.238 e. The third-order valence-electron chi connectivity index (χ3n) is 2.64. The van der Waals surface area contributed by atoms with Gasteiger partial charge in [-0.05, 0) is 37.4 Å². The normalized spacial score (nSPS) is 14.7. The first-order valence-corrected chi connectivity index (χ1v) is 5.99. The number of anilines is 1. The Morgan fingerprint density at radius 3 is 2.88 bits per heavy atom. The molecule has 0 saturated heterocycles. The topological polar surface area (TPSA) is 41.1 Å². The van der Waals surface area contributed by atoms with Gasteiger partial charge in [-0.3, -0.25) is 4.79 Å². The molecule has 92 valence electrons. The van der Waals surface area contributed by atoms with E-state index in [1.165, 1.54) is 31.0 Å². The molecular formula is C12H14ClFN2O. The molecule has 1 aliphatic rings. The fraction of sp³-hybridized carbons (Fsp3) is 0.417. The van der Waals surface area contributed by atoms with Crippen LogP contribution in [-0.2, 0) is 4.79 Å². The summed E-state index contributed by atoms with van der Waals surface area (Å²) in [6.07, 6.45) is 2.46. The highest BCUT2D eigenvalue weighted by Crippen LogP contribution is 2.27.